The van der Waals surface area contributed by atoms with Gasteiger partial charge in [-0.05, 0) is 30.2 Å². The van der Waals surface area contributed by atoms with Gasteiger partial charge in [0.15, 0.2) is 0 Å². The van der Waals surface area contributed by atoms with Crippen LogP contribution in [0.15, 0.2) is 53.7 Å². The highest BCUT2D eigenvalue weighted by molar-refractivity contribution is 7.99. The summed E-state index contributed by atoms with van der Waals surface area (Å²) >= 11 is 1.45. The van der Waals surface area contributed by atoms with Gasteiger partial charge in [-0.15, -0.1) is 11.8 Å². The molecule has 2 nitrogen and oxygen atoms in total. The van der Waals surface area contributed by atoms with Crippen LogP contribution in [-0.4, -0.2) is 16.8 Å². The molecule has 2 rings (SSSR count). The number of nitrogens with zero attached hydrogens (tertiary/aromatic N) is 1. The second-order valence-electron chi connectivity index (χ2n) is 4.07. The molecule has 0 aliphatic rings. The lowest BCUT2D eigenvalue weighted by molar-refractivity contribution is 0.601. The molecule has 94 valence electrons. The van der Waals surface area contributed by atoms with E-state index in [2.05, 4.69) is 4.98 Å². The summed E-state index contributed by atoms with van der Waals surface area (Å²) in [6.45, 7) is 0. The van der Waals surface area contributed by atoms with E-state index in [1.54, 1.807) is 18.3 Å². The summed E-state index contributed by atoms with van der Waals surface area (Å²) in [5.41, 5.74) is 7.14. The molecule has 0 amide bonds. The van der Waals surface area contributed by atoms with Crippen molar-refractivity contribution in [1.82, 2.24) is 4.98 Å². The van der Waals surface area contributed by atoms with Crippen molar-refractivity contribution >= 4 is 11.8 Å². The minimum absolute atomic E-state index is 0.00111. The van der Waals surface area contributed by atoms with Crippen LogP contribution in [0.4, 0.5) is 4.39 Å². The van der Waals surface area contributed by atoms with E-state index < -0.39 is 0 Å². The van der Waals surface area contributed by atoms with Gasteiger partial charge in [0.1, 0.15) is 5.82 Å². The van der Waals surface area contributed by atoms with Crippen molar-refractivity contribution in [3.63, 3.8) is 0 Å². The quantitative estimate of drug-likeness (QED) is 0.842. The summed E-state index contributed by atoms with van der Waals surface area (Å²) < 4.78 is 13.4. The highest BCUT2D eigenvalue weighted by atomic mass is 32.2. The standard InChI is InChI=1S/C14H15FN2S/c15-13-5-1-2-6-14(13)18-10-12(16)8-11-4-3-7-17-9-11/h1-7,9,12H,8,10,16H2. The molecule has 0 spiro atoms. The van der Waals surface area contributed by atoms with Crippen LogP contribution in [0.5, 0.6) is 0 Å². The molecule has 2 N–H and O–H groups in total. The molecule has 0 saturated heterocycles. The van der Waals surface area contributed by atoms with Crippen LogP contribution in [0.25, 0.3) is 0 Å². The Hall–Kier alpha value is -1.39. The first kappa shape index (κ1) is 13.1. The zero-order valence-corrected chi connectivity index (χ0v) is 10.7. The maximum absolute atomic E-state index is 13.4. The van der Waals surface area contributed by atoms with Crippen molar-refractivity contribution in [3.8, 4) is 0 Å². The fourth-order valence-electron chi connectivity index (χ4n) is 1.64. The molecule has 4 heteroatoms. The topological polar surface area (TPSA) is 38.9 Å². The minimum Gasteiger partial charge on any atom is -0.327 e. The Kier molecular flexibility index (Phi) is 4.73. The summed E-state index contributed by atoms with van der Waals surface area (Å²) in [5, 5.41) is 0. The molecule has 18 heavy (non-hydrogen) atoms. The number of pyridine rings is 1. The molecule has 0 fully saturated rings. The number of hydrogen-bond donors (Lipinski definition) is 1. The van der Waals surface area contributed by atoms with Crippen LogP contribution in [0.2, 0.25) is 0 Å². The molecule has 1 heterocycles. The third-order valence-electron chi connectivity index (χ3n) is 2.51. The largest absolute Gasteiger partial charge is 0.327 e. The van der Waals surface area contributed by atoms with Gasteiger partial charge in [0, 0.05) is 29.1 Å². The van der Waals surface area contributed by atoms with Crippen LogP contribution < -0.4 is 5.73 Å². The SMILES string of the molecule is NC(CSc1ccccc1F)Cc1cccnc1. The summed E-state index contributed by atoms with van der Waals surface area (Å²) in [6, 6.07) is 10.7. The Balaban J connectivity index is 1.86. The summed E-state index contributed by atoms with van der Waals surface area (Å²) in [6.07, 6.45) is 4.31. The molecule has 1 aromatic heterocycles. The van der Waals surface area contributed by atoms with Crippen molar-refractivity contribution in [2.24, 2.45) is 5.73 Å². The summed E-state index contributed by atoms with van der Waals surface area (Å²) in [5.74, 6) is 0.506. The van der Waals surface area contributed by atoms with E-state index in [1.165, 1.54) is 17.8 Å². The number of aromatic nitrogens is 1. The van der Waals surface area contributed by atoms with Crippen LogP contribution in [0.3, 0.4) is 0 Å². The van der Waals surface area contributed by atoms with Gasteiger partial charge in [0.25, 0.3) is 0 Å². The van der Waals surface area contributed by atoms with E-state index in [-0.39, 0.29) is 11.9 Å². The highest BCUT2D eigenvalue weighted by Gasteiger charge is 2.07. The number of hydrogen-bond acceptors (Lipinski definition) is 3. The van der Waals surface area contributed by atoms with Crippen molar-refractivity contribution in [1.29, 1.82) is 0 Å². The van der Waals surface area contributed by atoms with Crippen molar-refractivity contribution in [2.75, 3.05) is 5.75 Å². The van der Waals surface area contributed by atoms with E-state index in [4.69, 9.17) is 5.73 Å². The summed E-state index contributed by atoms with van der Waals surface area (Å²) in [4.78, 5) is 4.70. The maximum Gasteiger partial charge on any atom is 0.136 e. The van der Waals surface area contributed by atoms with Gasteiger partial charge in [0.05, 0.1) is 0 Å². The Morgan fingerprint density at radius 3 is 2.78 bits per heavy atom. The number of halogens is 1. The van der Waals surface area contributed by atoms with Crippen LogP contribution in [0.1, 0.15) is 5.56 Å². The van der Waals surface area contributed by atoms with Crippen molar-refractivity contribution in [2.45, 2.75) is 17.4 Å². The molecule has 1 atom stereocenters. The lowest BCUT2D eigenvalue weighted by Crippen LogP contribution is -2.25. The Labute approximate surface area is 110 Å². The van der Waals surface area contributed by atoms with E-state index in [0.717, 1.165) is 12.0 Å². The zero-order valence-electron chi connectivity index (χ0n) is 9.92. The molecular formula is C14H15FN2S. The van der Waals surface area contributed by atoms with Crippen LogP contribution in [-0.2, 0) is 6.42 Å². The average Bonchev–Trinajstić information content (AvgIpc) is 2.39. The molecular weight excluding hydrogens is 247 g/mol. The first-order chi connectivity index (χ1) is 8.75. The van der Waals surface area contributed by atoms with Gasteiger partial charge in [-0.1, -0.05) is 18.2 Å². The predicted molar refractivity (Wildman–Crippen MR) is 73.0 cm³/mol. The van der Waals surface area contributed by atoms with Crippen molar-refractivity contribution in [3.05, 3.63) is 60.2 Å². The lowest BCUT2D eigenvalue weighted by Gasteiger charge is -2.11. The van der Waals surface area contributed by atoms with Gasteiger partial charge in [-0.3, -0.25) is 4.98 Å². The van der Waals surface area contributed by atoms with Gasteiger partial charge < -0.3 is 5.73 Å². The maximum atomic E-state index is 13.4. The van der Waals surface area contributed by atoms with E-state index in [1.807, 2.05) is 24.4 Å². The predicted octanol–water partition coefficient (Wildman–Crippen LogP) is 2.88. The molecule has 0 bridgehead atoms. The number of thioether (sulfide) groups is 1. The monoisotopic (exact) mass is 262 g/mol. The second-order valence-corrected chi connectivity index (χ2v) is 5.13. The Morgan fingerprint density at radius 1 is 1.22 bits per heavy atom. The number of nitrogens with two attached hydrogens (primary N) is 1. The summed E-state index contributed by atoms with van der Waals surface area (Å²) in [7, 11) is 0. The fourth-order valence-corrected chi connectivity index (χ4v) is 2.53. The Bertz CT molecular complexity index is 490. The van der Waals surface area contributed by atoms with E-state index in [0.29, 0.717) is 10.6 Å². The van der Waals surface area contributed by atoms with Gasteiger partial charge in [-0.2, -0.15) is 0 Å². The zero-order chi connectivity index (χ0) is 12.8. The molecule has 1 unspecified atom stereocenters. The lowest BCUT2D eigenvalue weighted by atomic mass is 10.1. The molecule has 2 aromatic rings. The van der Waals surface area contributed by atoms with Crippen LogP contribution >= 0.6 is 11.8 Å². The van der Waals surface area contributed by atoms with Crippen LogP contribution in [0, 0.1) is 5.82 Å². The van der Waals surface area contributed by atoms with Gasteiger partial charge in [-0.25, -0.2) is 4.39 Å². The van der Waals surface area contributed by atoms with Gasteiger partial charge >= 0.3 is 0 Å². The second kappa shape index (κ2) is 6.52. The average molecular weight is 262 g/mol. The molecule has 0 radical (unpaired) electrons. The normalized spacial score (nSPS) is 12.3. The molecule has 0 saturated carbocycles. The molecule has 0 aliphatic heterocycles. The Morgan fingerprint density at radius 2 is 2.06 bits per heavy atom. The third-order valence-corrected chi connectivity index (χ3v) is 3.75. The van der Waals surface area contributed by atoms with E-state index in [9.17, 15) is 4.39 Å². The van der Waals surface area contributed by atoms with Crippen molar-refractivity contribution < 1.29 is 4.39 Å². The first-order valence-corrected chi connectivity index (χ1v) is 6.76. The third kappa shape index (κ3) is 3.82. The van der Waals surface area contributed by atoms with Gasteiger partial charge in [0.2, 0.25) is 0 Å². The molecule has 0 aliphatic carbocycles. The number of benzene rings is 1. The number of rotatable bonds is 5. The highest BCUT2D eigenvalue weighted by Crippen LogP contribution is 2.22. The van der Waals surface area contributed by atoms with E-state index >= 15 is 0 Å². The smallest absolute Gasteiger partial charge is 0.136 e. The fraction of sp³-hybridized carbons (Fsp3) is 0.214. The first-order valence-electron chi connectivity index (χ1n) is 5.77. The minimum atomic E-state index is -0.184. The molecule has 1 aromatic carbocycles.